The van der Waals surface area contributed by atoms with Crippen LogP contribution >= 0.6 is 0 Å². The van der Waals surface area contributed by atoms with E-state index in [0.29, 0.717) is 25.3 Å². The van der Waals surface area contributed by atoms with Gasteiger partial charge in [0.15, 0.2) is 5.65 Å². The highest BCUT2D eigenvalue weighted by Gasteiger charge is 2.35. The van der Waals surface area contributed by atoms with Gasteiger partial charge >= 0.3 is 5.69 Å². The van der Waals surface area contributed by atoms with Gasteiger partial charge in [-0.3, -0.25) is 9.20 Å². The molecule has 1 saturated heterocycles. The zero-order valence-corrected chi connectivity index (χ0v) is 15.1. The van der Waals surface area contributed by atoms with Crippen molar-refractivity contribution in [3.05, 3.63) is 70.8 Å². The van der Waals surface area contributed by atoms with E-state index in [1.54, 1.807) is 18.3 Å². The third kappa shape index (κ3) is 3.38. The third-order valence-corrected chi connectivity index (χ3v) is 5.35. The highest BCUT2D eigenvalue weighted by molar-refractivity contribution is 5.76. The first-order valence-electron chi connectivity index (χ1n) is 9.24. The SMILES string of the molecule is NC[C@@H]1CN(C(=O)CCn2nc3ccccn3c2=O)C[C@H]1c1ccccc1. The van der Waals surface area contributed by atoms with Crippen LogP contribution in [0.3, 0.4) is 0 Å². The molecule has 0 saturated carbocycles. The molecule has 3 aromatic rings. The Kier molecular flexibility index (Phi) is 4.77. The second-order valence-corrected chi connectivity index (χ2v) is 7.00. The summed E-state index contributed by atoms with van der Waals surface area (Å²) in [6.07, 6.45) is 1.93. The lowest BCUT2D eigenvalue weighted by atomic mass is 9.89. The number of aromatic nitrogens is 3. The third-order valence-electron chi connectivity index (χ3n) is 5.35. The Morgan fingerprint density at radius 2 is 1.89 bits per heavy atom. The lowest BCUT2D eigenvalue weighted by molar-refractivity contribution is -0.130. The molecule has 0 bridgehead atoms. The molecule has 0 unspecified atom stereocenters. The molecule has 7 nitrogen and oxygen atoms in total. The van der Waals surface area contributed by atoms with Crippen molar-refractivity contribution in [2.24, 2.45) is 11.7 Å². The molecule has 1 aromatic carbocycles. The van der Waals surface area contributed by atoms with Crippen molar-refractivity contribution in [2.75, 3.05) is 19.6 Å². The lowest BCUT2D eigenvalue weighted by Gasteiger charge is -2.16. The number of aryl methyl sites for hydroxylation is 1. The van der Waals surface area contributed by atoms with E-state index in [4.69, 9.17) is 5.73 Å². The van der Waals surface area contributed by atoms with Crippen molar-refractivity contribution in [3.63, 3.8) is 0 Å². The maximum atomic E-state index is 12.7. The van der Waals surface area contributed by atoms with Crippen molar-refractivity contribution in [2.45, 2.75) is 18.9 Å². The minimum absolute atomic E-state index is 0.0378. The minimum Gasteiger partial charge on any atom is -0.342 e. The molecule has 2 aromatic heterocycles. The lowest BCUT2D eigenvalue weighted by Crippen LogP contribution is -2.32. The van der Waals surface area contributed by atoms with Crippen LogP contribution in [0.4, 0.5) is 0 Å². The Balaban J connectivity index is 1.44. The maximum absolute atomic E-state index is 12.7. The number of nitrogens with zero attached hydrogens (tertiary/aromatic N) is 4. The summed E-state index contributed by atoms with van der Waals surface area (Å²) < 4.78 is 2.84. The van der Waals surface area contributed by atoms with Crippen LogP contribution in [0.5, 0.6) is 0 Å². The second-order valence-electron chi connectivity index (χ2n) is 7.00. The van der Waals surface area contributed by atoms with Crippen molar-refractivity contribution in [3.8, 4) is 0 Å². The first-order chi connectivity index (χ1) is 13.2. The summed E-state index contributed by atoms with van der Waals surface area (Å²) >= 11 is 0. The number of carbonyl (C=O) groups is 1. The van der Waals surface area contributed by atoms with Gasteiger partial charge in [0.05, 0.1) is 6.54 Å². The van der Waals surface area contributed by atoms with E-state index in [0.717, 1.165) is 0 Å². The van der Waals surface area contributed by atoms with Crippen LogP contribution in [0, 0.1) is 5.92 Å². The fourth-order valence-corrected chi connectivity index (χ4v) is 3.87. The molecular weight excluding hydrogens is 342 g/mol. The quantitative estimate of drug-likeness (QED) is 0.733. The number of hydrogen-bond acceptors (Lipinski definition) is 4. The molecule has 1 aliphatic rings. The summed E-state index contributed by atoms with van der Waals surface area (Å²) in [5, 5.41) is 4.28. The van der Waals surface area contributed by atoms with Crippen LogP contribution in [0.1, 0.15) is 17.9 Å². The van der Waals surface area contributed by atoms with Gasteiger partial charge in [-0.1, -0.05) is 36.4 Å². The highest BCUT2D eigenvalue weighted by atomic mass is 16.2. The van der Waals surface area contributed by atoms with E-state index < -0.39 is 0 Å². The van der Waals surface area contributed by atoms with Crippen molar-refractivity contribution < 1.29 is 4.79 Å². The van der Waals surface area contributed by atoms with E-state index >= 15 is 0 Å². The summed E-state index contributed by atoms with van der Waals surface area (Å²) in [4.78, 5) is 26.9. The van der Waals surface area contributed by atoms with Crippen LogP contribution in [0.2, 0.25) is 0 Å². The van der Waals surface area contributed by atoms with Gasteiger partial charge in [0.25, 0.3) is 0 Å². The molecule has 0 aliphatic carbocycles. The van der Waals surface area contributed by atoms with Gasteiger partial charge in [-0.15, -0.1) is 5.10 Å². The number of hydrogen-bond donors (Lipinski definition) is 1. The number of fused-ring (bicyclic) bond motifs is 1. The number of benzene rings is 1. The summed E-state index contributed by atoms with van der Waals surface area (Å²) in [7, 11) is 0. The normalized spacial score (nSPS) is 19.7. The Labute approximate surface area is 157 Å². The van der Waals surface area contributed by atoms with E-state index in [9.17, 15) is 9.59 Å². The molecule has 2 N–H and O–H groups in total. The van der Waals surface area contributed by atoms with Crippen molar-refractivity contribution >= 4 is 11.6 Å². The van der Waals surface area contributed by atoms with Gasteiger partial charge in [-0.25, -0.2) is 9.48 Å². The predicted octanol–water partition coefficient (Wildman–Crippen LogP) is 1.09. The minimum atomic E-state index is -0.221. The van der Waals surface area contributed by atoms with Crippen LogP contribution in [-0.2, 0) is 11.3 Å². The molecule has 3 heterocycles. The Morgan fingerprint density at radius 1 is 1.11 bits per heavy atom. The van der Waals surface area contributed by atoms with E-state index in [1.807, 2.05) is 29.2 Å². The van der Waals surface area contributed by atoms with E-state index in [-0.39, 0.29) is 36.4 Å². The van der Waals surface area contributed by atoms with Gasteiger partial charge in [-0.05, 0) is 30.2 Å². The maximum Gasteiger partial charge on any atom is 0.350 e. The summed E-state index contributed by atoms with van der Waals surface area (Å²) in [5.41, 5.74) is 7.54. The number of likely N-dealkylation sites (tertiary alicyclic amines) is 1. The molecule has 7 heteroatoms. The van der Waals surface area contributed by atoms with E-state index in [1.165, 1.54) is 14.6 Å². The van der Waals surface area contributed by atoms with Crippen LogP contribution in [0.25, 0.3) is 5.65 Å². The number of carbonyl (C=O) groups excluding carboxylic acids is 1. The van der Waals surface area contributed by atoms with Gasteiger partial charge in [0.1, 0.15) is 0 Å². The zero-order chi connectivity index (χ0) is 18.8. The van der Waals surface area contributed by atoms with Gasteiger partial charge in [0.2, 0.25) is 5.91 Å². The van der Waals surface area contributed by atoms with Crippen molar-refractivity contribution in [1.29, 1.82) is 0 Å². The molecular formula is C20H23N5O2. The molecule has 0 spiro atoms. The molecule has 1 fully saturated rings. The summed E-state index contributed by atoms with van der Waals surface area (Å²) in [6, 6.07) is 15.6. The smallest absolute Gasteiger partial charge is 0.342 e. The van der Waals surface area contributed by atoms with Crippen LogP contribution in [-0.4, -0.2) is 44.6 Å². The fourth-order valence-electron chi connectivity index (χ4n) is 3.87. The van der Waals surface area contributed by atoms with Crippen molar-refractivity contribution in [1.82, 2.24) is 19.1 Å². The monoisotopic (exact) mass is 365 g/mol. The molecule has 0 radical (unpaired) electrons. The Morgan fingerprint density at radius 3 is 2.63 bits per heavy atom. The predicted molar refractivity (Wildman–Crippen MR) is 102 cm³/mol. The van der Waals surface area contributed by atoms with E-state index in [2.05, 4.69) is 17.2 Å². The van der Waals surface area contributed by atoms with Gasteiger partial charge in [-0.2, -0.15) is 0 Å². The summed E-state index contributed by atoms with van der Waals surface area (Å²) in [5.74, 6) is 0.558. The topological polar surface area (TPSA) is 85.6 Å². The number of nitrogens with two attached hydrogens (primary N) is 1. The molecule has 1 amide bonds. The average molecular weight is 365 g/mol. The average Bonchev–Trinajstić information content (AvgIpc) is 3.29. The number of rotatable bonds is 5. The fraction of sp³-hybridized carbons (Fsp3) is 0.350. The molecule has 1 aliphatic heterocycles. The molecule has 27 heavy (non-hydrogen) atoms. The molecule has 4 rings (SSSR count). The standard InChI is InChI=1S/C20H23N5O2/c21-12-16-13-23(14-17(16)15-6-2-1-3-7-15)19(26)9-11-25-20(27)24-10-5-4-8-18(24)22-25/h1-8,10,16-17H,9,11-14,21H2/t16-,17+/m1/s1. The first-order valence-corrected chi connectivity index (χ1v) is 9.24. The second kappa shape index (κ2) is 7.36. The zero-order valence-electron chi connectivity index (χ0n) is 15.1. The first kappa shape index (κ1) is 17.5. The largest absolute Gasteiger partial charge is 0.350 e. The van der Waals surface area contributed by atoms with Gasteiger partial charge < -0.3 is 10.6 Å². The highest BCUT2D eigenvalue weighted by Crippen LogP contribution is 2.32. The Bertz CT molecular complexity index is 994. The molecule has 2 atom stereocenters. The number of pyridine rings is 1. The summed E-state index contributed by atoms with van der Waals surface area (Å²) in [6.45, 7) is 2.16. The van der Waals surface area contributed by atoms with Crippen LogP contribution < -0.4 is 11.4 Å². The molecule has 140 valence electrons. The van der Waals surface area contributed by atoms with Crippen LogP contribution in [0.15, 0.2) is 59.5 Å². The van der Waals surface area contributed by atoms with Gasteiger partial charge in [0, 0.05) is 31.6 Å². The number of amides is 1. The Hall–Kier alpha value is -2.93.